The Morgan fingerprint density at radius 1 is 1.50 bits per heavy atom. The van der Waals surface area contributed by atoms with E-state index in [-0.39, 0.29) is 0 Å². The quantitative estimate of drug-likeness (QED) is 0.428. The van der Waals surface area contributed by atoms with Gasteiger partial charge in [-0.2, -0.15) is 0 Å². The summed E-state index contributed by atoms with van der Waals surface area (Å²) in [5.41, 5.74) is 1.28. The molecule has 1 radical (unpaired) electrons. The van der Waals surface area contributed by atoms with E-state index in [0.29, 0.717) is 0 Å². The maximum Gasteiger partial charge on any atom is 0.151 e. The summed E-state index contributed by atoms with van der Waals surface area (Å²) in [6, 6.07) is 0. The second-order valence-corrected chi connectivity index (χ2v) is 3.22. The van der Waals surface area contributed by atoms with E-state index in [1.165, 1.54) is 5.47 Å². The van der Waals surface area contributed by atoms with Crippen molar-refractivity contribution in [3.8, 4) is 0 Å². The molecule has 0 saturated carbocycles. The zero-order chi connectivity index (χ0) is 9.40. The van der Waals surface area contributed by atoms with Crippen LogP contribution in [0.5, 0.6) is 0 Å². The predicted molar refractivity (Wildman–Crippen MR) is 58.5 cm³/mol. The molecule has 0 aromatic rings. The van der Waals surface area contributed by atoms with Crippen LogP contribution in [-0.4, -0.2) is 7.28 Å². The lowest BCUT2D eigenvalue weighted by atomic mass is 9.63. The van der Waals surface area contributed by atoms with Crippen molar-refractivity contribution in [2.75, 3.05) is 0 Å². The summed E-state index contributed by atoms with van der Waals surface area (Å²) in [5.74, 6) is 0.733. The number of hydrogen-bond acceptors (Lipinski definition) is 0. The van der Waals surface area contributed by atoms with Gasteiger partial charge in [0, 0.05) is 0 Å². The van der Waals surface area contributed by atoms with E-state index in [1.54, 1.807) is 6.08 Å². The third kappa shape index (κ3) is 6.02. The molecule has 0 saturated heterocycles. The molecule has 0 aromatic carbocycles. The molecule has 0 heterocycles. The van der Waals surface area contributed by atoms with Crippen LogP contribution in [0.4, 0.5) is 0 Å². The number of rotatable bonds is 5. The summed E-state index contributed by atoms with van der Waals surface area (Å²) in [7, 11) is 2.25. The zero-order valence-electron chi connectivity index (χ0n) is 8.38. The van der Waals surface area contributed by atoms with E-state index in [2.05, 4.69) is 46.8 Å². The molecular weight excluding hydrogens is 143 g/mol. The van der Waals surface area contributed by atoms with Crippen molar-refractivity contribution < 1.29 is 0 Å². The van der Waals surface area contributed by atoms with Gasteiger partial charge in [0.15, 0.2) is 7.28 Å². The van der Waals surface area contributed by atoms with E-state index >= 15 is 0 Å². The number of hydrogen-bond donors (Lipinski definition) is 0. The molecule has 12 heavy (non-hydrogen) atoms. The monoisotopic (exact) mass is 161 g/mol. The van der Waals surface area contributed by atoms with Crippen molar-refractivity contribution in [1.82, 2.24) is 0 Å². The molecule has 0 aliphatic heterocycles. The van der Waals surface area contributed by atoms with Crippen LogP contribution in [0.1, 0.15) is 20.8 Å². The summed E-state index contributed by atoms with van der Waals surface area (Å²) < 4.78 is 0. The van der Waals surface area contributed by atoms with Crippen LogP contribution in [0.2, 0.25) is 6.32 Å². The largest absolute Gasteiger partial charge is 0.151 e. The molecule has 0 aliphatic carbocycles. The molecule has 0 aromatic heterocycles. The minimum Gasteiger partial charge on any atom is -0.0991 e. The van der Waals surface area contributed by atoms with Crippen LogP contribution in [0.3, 0.4) is 0 Å². The normalized spacial score (nSPS) is 12.5. The Hall–Kier alpha value is -0.715. The highest BCUT2D eigenvalue weighted by atomic mass is 13.9. The highest BCUT2D eigenvalue weighted by Gasteiger charge is 1.97. The van der Waals surface area contributed by atoms with Crippen molar-refractivity contribution in [3.63, 3.8) is 0 Å². The molecule has 1 heteroatoms. The van der Waals surface area contributed by atoms with Crippen molar-refractivity contribution in [1.29, 1.82) is 0 Å². The van der Waals surface area contributed by atoms with Crippen LogP contribution >= 0.6 is 0 Å². The van der Waals surface area contributed by atoms with E-state index in [4.69, 9.17) is 0 Å². The molecule has 0 fully saturated rings. The molecule has 0 nitrogen and oxygen atoms in total. The van der Waals surface area contributed by atoms with Crippen LogP contribution < -0.4 is 0 Å². The van der Waals surface area contributed by atoms with Crippen molar-refractivity contribution in [3.05, 3.63) is 36.4 Å². The molecular formula is C11H18B. The van der Waals surface area contributed by atoms with Crippen LogP contribution in [0.25, 0.3) is 0 Å². The standard InChI is InChI=1S/C11H18B/c1-5-7-8-11(6-2)12-9-10(3)4/h5-8,10H,1,9H2,2-4H3/b8-7-,11-6+. The zero-order valence-corrected chi connectivity index (χ0v) is 8.38. The van der Waals surface area contributed by atoms with E-state index < -0.39 is 0 Å². The third-order valence-corrected chi connectivity index (χ3v) is 1.58. The lowest BCUT2D eigenvalue weighted by Crippen LogP contribution is -1.98. The van der Waals surface area contributed by atoms with Gasteiger partial charge in [-0.05, 0) is 6.92 Å². The maximum atomic E-state index is 3.63. The van der Waals surface area contributed by atoms with Gasteiger partial charge in [0.1, 0.15) is 0 Å². The summed E-state index contributed by atoms with van der Waals surface area (Å²) >= 11 is 0. The Kier molecular flexibility index (Phi) is 6.55. The Labute approximate surface area is 77.3 Å². The van der Waals surface area contributed by atoms with Gasteiger partial charge in [-0.25, -0.2) is 0 Å². The van der Waals surface area contributed by atoms with Crippen LogP contribution in [0, 0.1) is 5.92 Å². The fourth-order valence-corrected chi connectivity index (χ4v) is 0.833. The highest BCUT2D eigenvalue weighted by Crippen LogP contribution is 2.05. The third-order valence-electron chi connectivity index (χ3n) is 1.58. The predicted octanol–water partition coefficient (Wildman–Crippen LogP) is 3.41. The van der Waals surface area contributed by atoms with Crippen molar-refractivity contribution >= 4 is 7.28 Å². The van der Waals surface area contributed by atoms with Crippen LogP contribution in [0.15, 0.2) is 36.4 Å². The maximum absolute atomic E-state index is 3.63. The van der Waals surface area contributed by atoms with Gasteiger partial charge >= 0.3 is 0 Å². The van der Waals surface area contributed by atoms with Gasteiger partial charge in [0.25, 0.3) is 0 Å². The van der Waals surface area contributed by atoms with Gasteiger partial charge < -0.3 is 0 Å². The van der Waals surface area contributed by atoms with Gasteiger partial charge in [0.2, 0.25) is 0 Å². The van der Waals surface area contributed by atoms with Gasteiger partial charge in [-0.15, -0.1) is 0 Å². The molecule has 0 bridgehead atoms. The average molecular weight is 161 g/mol. The smallest absolute Gasteiger partial charge is 0.0991 e. The average Bonchev–Trinajstić information content (AvgIpc) is 2.05. The first-order valence-corrected chi connectivity index (χ1v) is 4.49. The molecule has 0 atom stereocenters. The van der Waals surface area contributed by atoms with E-state index in [9.17, 15) is 0 Å². The lowest BCUT2D eigenvalue weighted by Gasteiger charge is -2.02. The van der Waals surface area contributed by atoms with Gasteiger partial charge in [0.05, 0.1) is 0 Å². The van der Waals surface area contributed by atoms with E-state index in [0.717, 1.165) is 12.2 Å². The summed E-state index contributed by atoms with van der Waals surface area (Å²) in [6.07, 6.45) is 9.10. The lowest BCUT2D eigenvalue weighted by molar-refractivity contribution is 0.732. The Morgan fingerprint density at radius 2 is 2.17 bits per heavy atom. The second-order valence-electron chi connectivity index (χ2n) is 3.22. The first kappa shape index (κ1) is 11.3. The van der Waals surface area contributed by atoms with Crippen LogP contribution in [-0.2, 0) is 0 Å². The fraction of sp³-hybridized carbons (Fsp3) is 0.455. The Balaban J connectivity index is 3.85. The number of allylic oxidation sites excluding steroid dienone is 5. The minimum atomic E-state index is 0.733. The first-order chi connectivity index (χ1) is 5.70. The summed E-state index contributed by atoms with van der Waals surface area (Å²) in [6.45, 7) is 10.1. The van der Waals surface area contributed by atoms with Gasteiger partial charge in [-0.1, -0.05) is 62.4 Å². The summed E-state index contributed by atoms with van der Waals surface area (Å²) in [4.78, 5) is 0. The van der Waals surface area contributed by atoms with E-state index in [1.807, 2.05) is 6.08 Å². The Morgan fingerprint density at radius 3 is 2.58 bits per heavy atom. The SMILES string of the molecule is C=C/C=C\C([B]CC(C)C)=C/C. The van der Waals surface area contributed by atoms with Gasteiger partial charge in [-0.3, -0.25) is 0 Å². The Bertz CT molecular complexity index is 175. The highest BCUT2D eigenvalue weighted by molar-refractivity contribution is 6.46. The van der Waals surface area contributed by atoms with Crippen molar-refractivity contribution in [2.24, 2.45) is 5.92 Å². The summed E-state index contributed by atoms with van der Waals surface area (Å²) in [5, 5.41) is 0. The molecule has 0 unspecified atom stereocenters. The molecule has 0 rings (SSSR count). The molecule has 0 aliphatic rings. The first-order valence-electron chi connectivity index (χ1n) is 4.49. The fourth-order valence-electron chi connectivity index (χ4n) is 0.833. The second kappa shape index (κ2) is 6.96. The molecule has 65 valence electrons. The molecule has 0 spiro atoms. The molecule has 0 N–H and O–H groups in total. The topological polar surface area (TPSA) is 0 Å². The minimum absolute atomic E-state index is 0.733. The van der Waals surface area contributed by atoms with Crippen molar-refractivity contribution in [2.45, 2.75) is 27.1 Å². The molecule has 0 amide bonds.